The van der Waals surface area contributed by atoms with Gasteiger partial charge in [-0.1, -0.05) is 51.1 Å². The Hall–Kier alpha value is -1.47. The van der Waals surface area contributed by atoms with Gasteiger partial charge in [0.2, 0.25) is 0 Å². The summed E-state index contributed by atoms with van der Waals surface area (Å²) in [5.41, 5.74) is 0.844. The predicted molar refractivity (Wildman–Crippen MR) is 133 cm³/mol. The number of aliphatic hydroxyl groups excluding tert-OH is 1. The molecular formula is C26H38O9Si. The van der Waals surface area contributed by atoms with Gasteiger partial charge in [0.05, 0.1) is 13.2 Å². The fourth-order valence-corrected chi connectivity index (χ4v) is 5.09. The van der Waals surface area contributed by atoms with Gasteiger partial charge in [-0.15, -0.1) is 0 Å². The third-order valence-electron chi connectivity index (χ3n) is 7.34. The highest BCUT2D eigenvalue weighted by atomic mass is 28.4. The largest absolute Gasteiger partial charge is 0.414 e. The Balaban J connectivity index is 1.42. The molecule has 0 aromatic heterocycles. The van der Waals surface area contributed by atoms with Gasteiger partial charge in [0.15, 0.2) is 33.0 Å². The Morgan fingerprint density at radius 2 is 1.83 bits per heavy atom. The summed E-state index contributed by atoms with van der Waals surface area (Å²) in [4.78, 5) is 12.5. The number of rotatable bonds is 7. The molecule has 1 aromatic carbocycles. The summed E-state index contributed by atoms with van der Waals surface area (Å²) >= 11 is 0. The number of carbonyl (C=O) groups excluding carboxylic acids is 1. The van der Waals surface area contributed by atoms with Crippen LogP contribution in [0.15, 0.2) is 42.5 Å². The van der Waals surface area contributed by atoms with Crippen LogP contribution in [0.3, 0.4) is 0 Å². The quantitative estimate of drug-likeness (QED) is 0.541. The lowest BCUT2D eigenvalue weighted by molar-refractivity contribution is -0.373. The first-order valence-corrected chi connectivity index (χ1v) is 15.3. The van der Waals surface area contributed by atoms with E-state index in [1.165, 1.54) is 19.3 Å². The molecule has 4 rings (SSSR count). The van der Waals surface area contributed by atoms with Gasteiger partial charge in [0, 0.05) is 12.7 Å². The third kappa shape index (κ3) is 5.98. The van der Waals surface area contributed by atoms with Crippen LogP contribution in [0.1, 0.15) is 32.6 Å². The van der Waals surface area contributed by atoms with Crippen molar-refractivity contribution in [2.45, 2.75) is 88.3 Å². The SMILES string of the molecule is CO[C@H]1O[C@@H]2COC(c3ccccc3)O[C@H]2[C@H](O)[C@H]1O[C@@H]1C=CC(=O)[C@H](CO[Si](C)(C)C(C)(C)C)O1. The zero-order valence-electron chi connectivity index (χ0n) is 21.8. The summed E-state index contributed by atoms with van der Waals surface area (Å²) < 4.78 is 41.6. The number of aliphatic hydroxyl groups is 1. The van der Waals surface area contributed by atoms with E-state index in [4.69, 9.17) is 32.8 Å². The van der Waals surface area contributed by atoms with Crippen molar-refractivity contribution in [1.29, 1.82) is 0 Å². The molecule has 36 heavy (non-hydrogen) atoms. The van der Waals surface area contributed by atoms with Gasteiger partial charge in [-0.05, 0) is 30.3 Å². The summed E-state index contributed by atoms with van der Waals surface area (Å²) in [5, 5.41) is 11.3. The highest BCUT2D eigenvalue weighted by molar-refractivity contribution is 6.74. The lowest BCUT2D eigenvalue weighted by Crippen LogP contribution is -2.63. The average Bonchev–Trinajstić information content (AvgIpc) is 2.85. The Morgan fingerprint density at radius 3 is 2.50 bits per heavy atom. The number of hydrogen-bond acceptors (Lipinski definition) is 9. The van der Waals surface area contributed by atoms with E-state index in [0.717, 1.165) is 5.56 Å². The van der Waals surface area contributed by atoms with Gasteiger partial charge < -0.3 is 38.0 Å². The Bertz CT molecular complexity index is 916. The maximum absolute atomic E-state index is 12.5. The van der Waals surface area contributed by atoms with Crippen molar-refractivity contribution in [2.24, 2.45) is 0 Å². The van der Waals surface area contributed by atoms with Crippen LogP contribution in [0, 0.1) is 0 Å². The molecule has 200 valence electrons. The van der Waals surface area contributed by atoms with Crippen molar-refractivity contribution in [3.8, 4) is 0 Å². The number of hydrogen-bond donors (Lipinski definition) is 1. The molecule has 3 heterocycles. The number of benzene rings is 1. The zero-order valence-corrected chi connectivity index (χ0v) is 22.8. The van der Waals surface area contributed by atoms with E-state index >= 15 is 0 Å². The van der Waals surface area contributed by atoms with Crippen molar-refractivity contribution in [2.75, 3.05) is 20.3 Å². The number of ether oxygens (including phenoxy) is 6. The van der Waals surface area contributed by atoms with Crippen LogP contribution in [0.5, 0.6) is 0 Å². The summed E-state index contributed by atoms with van der Waals surface area (Å²) in [6.07, 6.45) is -3.48. The van der Waals surface area contributed by atoms with E-state index in [1.807, 2.05) is 30.3 Å². The van der Waals surface area contributed by atoms with E-state index in [9.17, 15) is 9.90 Å². The average molecular weight is 523 g/mol. The van der Waals surface area contributed by atoms with E-state index in [1.54, 1.807) is 0 Å². The van der Waals surface area contributed by atoms with Crippen LogP contribution < -0.4 is 0 Å². The minimum Gasteiger partial charge on any atom is -0.414 e. The molecule has 9 nitrogen and oxygen atoms in total. The van der Waals surface area contributed by atoms with E-state index in [0.29, 0.717) is 0 Å². The first kappa shape index (κ1) is 27.6. The number of carbonyl (C=O) groups is 1. The Morgan fingerprint density at radius 1 is 1.11 bits per heavy atom. The molecule has 8 atom stereocenters. The van der Waals surface area contributed by atoms with Crippen LogP contribution >= 0.6 is 0 Å². The van der Waals surface area contributed by atoms with Crippen LogP contribution in [-0.4, -0.2) is 82.6 Å². The van der Waals surface area contributed by atoms with Gasteiger partial charge >= 0.3 is 0 Å². The molecule has 1 N–H and O–H groups in total. The number of ketones is 1. The summed E-state index contributed by atoms with van der Waals surface area (Å²) in [6, 6.07) is 9.50. The third-order valence-corrected chi connectivity index (χ3v) is 11.8. The topological polar surface area (TPSA) is 102 Å². The smallest absolute Gasteiger partial charge is 0.192 e. The monoisotopic (exact) mass is 522 g/mol. The molecule has 3 aliphatic rings. The molecule has 1 unspecified atom stereocenters. The van der Waals surface area contributed by atoms with Crippen LogP contribution in [0.2, 0.25) is 18.1 Å². The number of fused-ring (bicyclic) bond motifs is 1. The van der Waals surface area contributed by atoms with Crippen LogP contribution in [0.4, 0.5) is 0 Å². The second-order valence-electron chi connectivity index (χ2n) is 10.9. The molecule has 2 saturated heterocycles. The molecule has 3 aliphatic heterocycles. The summed E-state index contributed by atoms with van der Waals surface area (Å²) in [5.74, 6) is -0.184. The fourth-order valence-electron chi connectivity index (χ4n) is 4.09. The van der Waals surface area contributed by atoms with Gasteiger partial charge in [0.25, 0.3) is 0 Å². The Labute approximate surface area is 213 Å². The van der Waals surface area contributed by atoms with Crippen molar-refractivity contribution in [3.05, 3.63) is 48.0 Å². The highest BCUT2D eigenvalue weighted by Crippen LogP contribution is 2.38. The maximum atomic E-state index is 12.5. The molecular weight excluding hydrogens is 484 g/mol. The van der Waals surface area contributed by atoms with Crippen LogP contribution in [0.25, 0.3) is 0 Å². The first-order valence-electron chi connectivity index (χ1n) is 12.4. The first-order chi connectivity index (χ1) is 17.0. The summed E-state index contributed by atoms with van der Waals surface area (Å²) in [7, 11) is -0.596. The lowest BCUT2D eigenvalue weighted by atomic mass is 9.97. The van der Waals surface area contributed by atoms with Crippen molar-refractivity contribution < 1.29 is 42.7 Å². The maximum Gasteiger partial charge on any atom is 0.192 e. The minimum absolute atomic E-state index is 0.00352. The lowest BCUT2D eigenvalue weighted by Gasteiger charge is -2.47. The molecule has 0 radical (unpaired) electrons. The number of methoxy groups -OCH3 is 1. The molecule has 0 bridgehead atoms. The van der Waals surface area contributed by atoms with Crippen LogP contribution in [-0.2, 0) is 37.6 Å². The van der Waals surface area contributed by atoms with E-state index < -0.39 is 57.7 Å². The predicted octanol–water partition coefficient (Wildman–Crippen LogP) is 3.09. The highest BCUT2D eigenvalue weighted by Gasteiger charge is 2.51. The van der Waals surface area contributed by atoms with Gasteiger partial charge in [-0.3, -0.25) is 4.79 Å². The molecule has 0 spiro atoms. The van der Waals surface area contributed by atoms with E-state index in [2.05, 4.69) is 33.9 Å². The molecule has 10 heteroatoms. The Kier molecular flexibility index (Phi) is 8.50. The van der Waals surface area contributed by atoms with Gasteiger partial charge in [-0.25, -0.2) is 0 Å². The molecule has 2 fully saturated rings. The molecule has 0 aliphatic carbocycles. The van der Waals surface area contributed by atoms with Crippen molar-refractivity contribution >= 4 is 14.1 Å². The van der Waals surface area contributed by atoms with Gasteiger partial charge in [-0.2, -0.15) is 0 Å². The fraction of sp³-hybridized carbons (Fsp3) is 0.654. The second-order valence-corrected chi connectivity index (χ2v) is 15.7. The molecule has 0 saturated carbocycles. The second kappa shape index (κ2) is 11.1. The molecule has 0 amide bonds. The van der Waals surface area contributed by atoms with Gasteiger partial charge in [0.1, 0.15) is 30.5 Å². The van der Waals surface area contributed by atoms with Crippen molar-refractivity contribution in [1.82, 2.24) is 0 Å². The van der Waals surface area contributed by atoms with E-state index in [-0.39, 0.29) is 24.0 Å². The minimum atomic E-state index is -2.07. The standard InChI is InChI=1S/C26H38O9Si/c1-26(2,3)36(5,6)31-15-18-17(27)12-13-20(32-18)34-23-21(28)22-19(33-25(23)29-4)14-30-24(35-22)16-10-8-7-9-11-16/h7-13,18-25,28H,14-15H2,1-6H3/t18-,19+,20+,21-,22+,23+,24?,25-/m0/s1. The zero-order chi connectivity index (χ0) is 26.1. The van der Waals surface area contributed by atoms with Crippen molar-refractivity contribution in [3.63, 3.8) is 0 Å². The normalized spacial score (nSPS) is 35.5. The molecule has 1 aromatic rings. The summed E-state index contributed by atoms with van der Waals surface area (Å²) in [6.45, 7) is 11.0.